The zero-order valence-electron chi connectivity index (χ0n) is 8.66. The quantitative estimate of drug-likeness (QED) is 0.781. The summed E-state index contributed by atoms with van der Waals surface area (Å²) in [4.78, 5) is 7.40. The normalized spacial score (nSPS) is 20.1. The van der Waals surface area contributed by atoms with Gasteiger partial charge < -0.3 is 14.5 Å². The van der Waals surface area contributed by atoms with Gasteiger partial charge in [-0.2, -0.15) is 0 Å². The SMILES string of the molecule is COC1(c2nccc(=S)[nH]2)CCOCC1. The molecule has 4 nitrogen and oxygen atoms in total. The van der Waals surface area contributed by atoms with Gasteiger partial charge in [0.15, 0.2) is 0 Å². The number of nitrogens with one attached hydrogen (secondary N) is 1. The Kier molecular flexibility index (Phi) is 3.14. The third-order valence-electron chi connectivity index (χ3n) is 2.79. The number of methoxy groups -OCH3 is 1. The van der Waals surface area contributed by atoms with Crippen LogP contribution in [-0.2, 0) is 15.1 Å². The van der Waals surface area contributed by atoms with Gasteiger partial charge in [0.1, 0.15) is 16.1 Å². The molecule has 0 unspecified atom stereocenters. The minimum absolute atomic E-state index is 0.354. The average molecular weight is 226 g/mol. The van der Waals surface area contributed by atoms with Gasteiger partial charge in [-0.05, 0) is 6.07 Å². The van der Waals surface area contributed by atoms with Gasteiger partial charge in [-0.15, -0.1) is 0 Å². The van der Waals surface area contributed by atoms with E-state index in [1.54, 1.807) is 19.4 Å². The minimum Gasteiger partial charge on any atom is -0.381 e. The second-order valence-electron chi connectivity index (χ2n) is 3.59. The predicted molar refractivity (Wildman–Crippen MR) is 58.2 cm³/mol. The van der Waals surface area contributed by atoms with E-state index >= 15 is 0 Å². The molecule has 0 amide bonds. The molecule has 0 spiro atoms. The lowest BCUT2D eigenvalue weighted by molar-refractivity contribution is -0.100. The van der Waals surface area contributed by atoms with E-state index in [1.165, 1.54) is 0 Å². The largest absolute Gasteiger partial charge is 0.381 e. The number of aromatic amines is 1. The molecule has 1 N–H and O–H groups in total. The fourth-order valence-electron chi connectivity index (χ4n) is 1.84. The molecular weight excluding hydrogens is 212 g/mol. The van der Waals surface area contributed by atoms with Gasteiger partial charge in [0.25, 0.3) is 0 Å². The number of hydrogen-bond acceptors (Lipinski definition) is 4. The number of rotatable bonds is 2. The Labute approximate surface area is 93.6 Å². The van der Waals surface area contributed by atoms with E-state index in [0.29, 0.717) is 17.9 Å². The molecule has 1 aliphatic heterocycles. The minimum atomic E-state index is -0.354. The van der Waals surface area contributed by atoms with Crippen LogP contribution in [0.4, 0.5) is 0 Å². The number of aromatic nitrogens is 2. The molecule has 15 heavy (non-hydrogen) atoms. The zero-order chi connectivity index (χ0) is 10.7. The fraction of sp³-hybridized carbons (Fsp3) is 0.600. The first-order chi connectivity index (χ1) is 7.27. The number of ether oxygens (including phenoxy) is 2. The second-order valence-corrected chi connectivity index (χ2v) is 4.03. The Balaban J connectivity index is 2.36. The first-order valence-electron chi connectivity index (χ1n) is 4.95. The summed E-state index contributed by atoms with van der Waals surface area (Å²) >= 11 is 5.08. The van der Waals surface area contributed by atoms with E-state index in [-0.39, 0.29) is 5.60 Å². The molecule has 5 heteroatoms. The number of nitrogens with zero attached hydrogens (tertiary/aromatic N) is 1. The Hall–Kier alpha value is -0.780. The molecule has 1 aromatic heterocycles. The van der Waals surface area contributed by atoms with Crippen LogP contribution >= 0.6 is 12.2 Å². The number of hydrogen-bond donors (Lipinski definition) is 1. The smallest absolute Gasteiger partial charge is 0.139 e. The van der Waals surface area contributed by atoms with Crippen molar-refractivity contribution in [1.82, 2.24) is 9.97 Å². The monoisotopic (exact) mass is 226 g/mol. The van der Waals surface area contributed by atoms with Crippen molar-refractivity contribution in [3.63, 3.8) is 0 Å². The van der Waals surface area contributed by atoms with Gasteiger partial charge in [-0.25, -0.2) is 4.98 Å². The maximum absolute atomic E-state index is 5.60. The highest BCUT2D eigenvalue weighted by Crippen LogP contribution is 2.32. The predicted octanol–water partition coefficient (Wildman–Crippen LogP) is 1.79. The Morgan fingerprint density at radius 1 is 1.53 bits per heavy atom. The first kappa shape index (κ1) is 10.7. The van der Waals surface area contributed by atoms with Crippen molar-refractivity contribution < 1.29 is 9.47 Å². The molecular formula is C10H14N2O2S. The van der Waals surface area contributed by atoms with Crippen LogP contribution in [0.5, 0.6) is 0 Å². The van der Waals surface area contributed by atoms with E-state index < -0.39 is 0 Å². The van der Waals surface area contributed by atoms with E-state index in [0.717, 1.165) is 18.7 Å². The van der Waals surface area contributed by atoms with Crippen LogP contribution in [0.1, 0.15) is 18.7 Å². The Morgan fingerprint density at radius 3 is 2.87 bits per heavy atom. The van der Waals surface area contributed by atoms with E-state index in [4.69, 9.17) is 21.7 Å². The van der Waals surface area contributed by atoms with E-state index in [1.807, 2.05) is 0 Å². The highest BCUT2D eigenvalue weighted by atomic mass is 32.1. The topological polar surface area (TPSA) is 47.1 Å². The van der Waals surface area contributed by atoms with Gasteiger partial charge in [-0.1, -0.05) is 12.2 Å². The fourth-order valence-corrected chi connectivity index (χ4v) is 2.00. The maximum Gasteiger partial charge on any atom is 0.139 e. The number of H-pyrrole nitrogens is 1. The summed E-state index contributed by atoms with van der Waals surface area (Å²) in [7, 11) is 1.71. The maximum atomic E-state index is 5.60. The molecule has 0 atom stereocenters. The van der Waals surface area contributed by atoms with E-state index in [9.17, 15) is 0 Å². The standard InChI is InChI=1S/C10H14N2O2S/c1-13-10(3-6-14-7-4-10)9-11-5-2-8(15)12-9/h2,5H,3-4,6-7H2,1H3,(H,11,12,15). The lowest BCUT2D eigenvalue weighted by atomic mass is 9.93. The molecule has 2 rings (SSSR count). The molecule has 2 heterocycles. The lowest BCUT2D eigenvalue weighted by Crippen LogP contribution is -2.37. The van der Waals surface area contributed by atoms with Crippen LogP contribution in [0.3, 0.4) is 0 Å². The van der Waals surface area contributed by atoms with Crippen molar-refractivity contribution in [1.29, 1.82) is 0 Å². The second kappa shape index (κ2) is 4.38. The molecule has 0 aliphatic carbocycles. The third kappa shape index (κ3) is 2.09. The van der Waals surface area contributed by atoms with Crippen molar-refractivity contribution in [2.24, 2.45) is 0 Å². The summed E-state index contributed by atoms with van der Waals surface area (Å²) in [5.41, 5.74) is -0.354. The van der Waals surface area contributed by atoms with Crippen molar-refractivity contribution in [3.8, 4) is 0 Å². The van der Waals surface area contributed by atoms with Gasteiger partial charge in [0, 0.05) is 39.4 Å². The van der Waals surface area contributed by atoms with Crippen molar-refractivity contribution >= 4 is 12.2 Å². The van der Waals surface area contributed by atoms with Crippen LogP contribution in [-0.4, -0.2) is 30.3 Å². The average Bonchev–Trinajstić information content (AvgIpc) is 2.30. The molecule has 1 aromatic rings. The van der Waals surface area contributed by atoms with Crippen LogP contribution in [0.15, 0.2) is 12.3 Å². The lowest BCUT2D eigenvalue weighted by Gasteiger charge is -2.34. The van der Waals surface area contributed by atoms with Crippen LogP contribution < -0.4 is 0 Å². The molecule has 0 bridgehead atoms. The molecule has 1 fully saturated rings. The summed E-state index contributed by atoms with van der Waals surface area (Å²) in [5, 5.41) is 0. The van der Waals surface area contributed by atoms with Crippen LogP contribution in [0.25, 0.3) is 0 Å². The van der Waals surface area contributed by atoms with Gasteiger partial charge >= 0.3 is 0 Å². The van der Waals surface area contributed by atoms with E-state index in [2.05, 4.69) is 9.97 Å². The molecule has 1 aliphatic rings. The summed E-state index contributed by atoms with van der Waals surface area (Å²) in [6.45, 7) is 1.40. The van der Waals surface area contributed by atoms with Crippen molar-refractivity contribution in [2.45, 2.75) is 18.4 Å². The Morgan fingerprint density at radius 2 is 2.27 bits per heavy atom. The summed E-state index contributed by atoms with van der Waals surface area (Å²) in [5.74, 6) is 0.806. The molecule has 82 valence electrons. The van der Waals surface area contributed by atoms with Crippen LogP contribution in [0, 0.1) is 4.64 Å². The Bertz CT molecular complexity index is 385. The third-order valence-corrected chi connectivity index (χ3v) is 3.03. The van der Waals surface area contributed by atoms with Crippen molar-refractivity contribution in [3.05, 3.63) is 22.7 Å². The molecule has 0 aromatic carbocycles. The molecule has 1 saturated heterocycles. The van der Waals surface area contributed by atoms with Gasteiger partial charge in [0.05, 0.1) is 0 Å². The molecule has 0 saturated carbocycles. The highest BCUT2D eigenvalue weighted by Gasteiger charge is 2.36. The summed E-state index contributed by atoms with van der Waals surface area (Å²) in [6, 6.07) is 1.77. The van der Waals surface area contributed by atoms with Crippen molar-refractivity contribution in [2.75, 3.05) is 20.3 Å². The highest BCUT2D eigenvalue weighted by molar-refractivity contribution is 7.71. The summed E-state index contributed by atoms with van der Waals surface area (Å²) in [6.07, 6.45) is 3.34. The first-order valence-corrected chi connectivity index (χ1v) is 5.36. The molecule has 0 radical (unpaired) electrons. The summed E-state index contributed by atoms with van der Waals surface area (Å²) < 4.78 is 11.6. The van der Waals surface area contributed by atoms with Gasteiger partial charge in [-0.3, -0.25) is 0 Å². The van der Waals surface area contributed by atoms with Crippen LogP contribution in [0.2, 0.25) is 0 Å². The zero-order valence-corrected chi connectivity index (χ0v) is 9.47. The van der Waals surface area contributed by atoms with Gasteiger partial charge in [0.2, 0.25) is 0 Å².